The molecule has 0 bridgehead atoms. The number of hydrogen-bond donors (Lipinski definition) is 1. The first-order valence-corrected chi connectivity index (χ1v) is 6.19. The third kappa shape index (κ3) is 6.26. The van der Waals surface area contributed by atoms with Gasteiger partial charge in [0.2, 0.25) is 11.8 Å². The Bertz CT molecular complexity index is 240. The molecule has 0 saturated heterocycles. The number of hydrogen-bond acceptors (Lipinski definition) is 3. The van der Waals surface area contributed by atoms with Crippen molar-refractivity contribution in [1.29, 1.82) is 0 Å². The molecule has 2 amide bonds. The minimum absolute atomic E-state index is 0.0204. The van der Waals surface area contributed by atoms with Gasteiger partial charge in [-0.2, -0.15) is 0 Å². The highest BCUT2D eigenvalue weighted by atomic mass is 16.3. The first-order chi connectivity index (χ1) is 8.06. The number of nitrogens with zero attached hydrogens (tertiary/aromatic N) is 2. The van der Waals surface area contributed by atoms with E-state index in [9.17, 15) is 9.59 Å². The Kier molecular flexibility index (Phi) is 8.40. The lowest BCUT2D eigenvalue weighted by Gasteiger charge is -2.23. The van der Waals surface area contributed by atoms with E-state index in [1.54, 1.807) is 11.9 Å². The fraction of sp³-hybridized carbons (Fsp3) is 0.833. The molecule has 0 aromatic carbocycles. The summed E-state index contributed by atoms with van der Waals surface area (Å²) in [6, 6.07) is 0. The van der Waals surface area contributed by atoms with Crippen LogP contribution in [0.2, 0.25) is 0 Å². The largest absolute Gasteiger partial charge is 0.396 e. The molecule has 0 rings (SSSR count). The fourth-order valence-electron chi connectivity index (χ4n) is 1.55. The van der Waals surface area contributed by atoms with Crippen molar-refractivity contribution in [3.8, 4) is 0 Å². The summed E-state index contributed by atoms with van der Waals surface area (Å²) in [5, 5.41) is 8.61. The van der Waals surface area contributed by atoms with Gasteiger partial charge in [-0.1, -0.05) is 0 Å². The summed E-state index contributed by atoms with van der Waals surface area (Å²) in [6.45, 7) is 5.42. The minimum atomic E-state index is -0.0426. The molecule has 0 aromatic heterocycles. The summed E-state index contributed by atoms with van der Waals surface area (Å²) < 4.78 is 0. The monoisotopic (exact) mass is 244 g/mol. The quantitative estimate of drug-likeness (QED) is 0.632. The van der Waals surface area contributed by atoms with E-state index in [-0.39, 0.29) is 25.0 Å². The summed E-state index contributed by atoms with van der Waals surface area (Å²) >= 11 is 0. The molecule has 100 valence electrons. The van der Waals surface area contributed by atoms with Crippen LogP contribution in [0.3, 0.4) is 0 Å². The SMILES string of the molecule is CCN(CC)C(=O)CN(C)C(=O)CCCCO. The third-order valence-electron chi connectivity index (χ3n) is 2.71. The zero-order valence-electron chi connectivity index (χ0n) is 11.1. The molecule has 0 aliphatic rings. The van der Waals surface area contributed by atoms with Crippen LogP contribution in [0.25, 0.3) is 0 Å². The van der Waals surface area contributed by atoms with Gasteiger partial charge in [0.1, 0.15) is 0 Å². The molecular formula is C12H24N2O3. The maximum atomic E-state index is 11.7. The highest BCUT2D eigenvalue weighted by Crippen LogP contribution is 2.00. The van der Waals surface area contributed by atoms with E-state index in [4.69, 9.17) is 5.11 Å². The number of carbonyl (C=O) groups excluding carboxylic acids is 2. The Labute approximate surface area is 103 Å². The molecule has 0 atom stereocenters. The maximum Gasteiger partial charge on any atom is 0.242 e. The van der Waals surface area contributed by atoms with Crippen LogP contribution in [0.5, 0.6) is 0 Å². The summed E-state index contributed by atoms with van der Waals surface area (Å²) in [7, 11) is 1.64. The molecule has 0 aliphatic carbocycles. The van der Waals surface area contributed by atoms with Crippen molar-refractivity contribution in [3.63, 3.8) is 0 Å². The zero-order chi connectivity index (χ0) is 13.3. The second-order valence-corrected chi connectivity index (χ2v) is 4.00. The van der Waals surface area contributed by atoms with E-state index >= 15 is 0 Å². The van der Waals surface area contributed by atoms with Crippen molar-refractivity contribution in [1.82, 2.24) is 9.80 Å². The molecule has 0 saturated carbocycles. The first kappa shape index (κ1) is 15.9. The lowest BCUT2D eigenvalue weighted by molar-refractivity contribution is -0.139. The summed E-state index contributed by atoms with van der Waals surface area (Å²) in [5.74, 6) is -0.0630. The molecule has 1 N–H and O–H groups in total. The molecule has 5 heteroatoms. The summed E-state index contributed by atoms with van der Waals surface area (Å²) in [6.07, 6.45) is 1.69. The van der Waals surface area contributed by atoms with Crippen molar-refractivity contribution < 1.29 is 14.7 Å². The van der Waals surface area contributed by atoms with Gasteiger partial charge in [-0.25, -0.2) is 0 Å². The standard InChI is InChI=1S/C12H24N2O3/c1-4-14(5-2)12(17)10-13(3)11(16)8-6-7-9-15/h15H,4-10H2,1-3H3. The Hall–Kier alpha value is -1.10. The lowest BCUT2D eigenvalue weighted by atomic mass is 10.2. The topological polar surface area (TPSA) is 60.9 Å². The molecule has 0 aliphatic heterocycles. The van der Waals surface area contributed by atoms with E-state index in [0.717, 1.165) is 0 Å². The van der Waals surface area contributed by atoms with Crippen LogP contribution < -0.4 is 0 Å². The molecule has 17 heavy (non-hydrogen) atoms. The molecule has 0 aromatic rings. The van der Waals surface area contributed by atoms with E-state index in [1.165, 1.54) is 4.90 Å². The van der Waals surface area contributed by atoms with Gasteiger partial charge in [-0.05, 0) is 26.7 Å². The number of carbonyl (C=O) groups is 2. The van der Waals surface area contributed by atoms with Gasteiger partial charge in [0, 0.05) is 33.2 Å². The highest BCUT2D eigenvalue weighted by Gasteiger charge is 2.15. The average Bonchev–Trinajstić information content (AvgIpc) is 2.30. The fourth-order valence-corrected chi connectivity index (χ4v) is 1.55. The Morgan fingerprint density at radius 2 is 1.65 bits per heavy atom. The molecule has 0 radical (unpaired) electrons. The van der Waals surface area contributed by atoms with E-state index in [2.05, 4.69) is 0 Å². The molecule has 0 fully saturated rings. The Balaban J connectivity index is 4.02. The van der Waals surface area contributed by atoms with E-state index < -0.39 is 0 Å². The predicted molar refractivity (Wildman–Crippen MR) is 66.5 cm³/mol. The molecule has 0 spiro atoms. The minimum Gasteiger partial charge on any atom is -0.396 e. The average molecular weight is 244 g/mol. The van der Waals surface area contributed by atoms with E-state index in [1.807, 2.05) is 13.8 Å². The second-order valence-electron chi connectivity index (χ2n) is 4.00. The van der Waals surface area contributed by atoms with Gasteiger partial charge < -0.3 is 14.9 Å². The number of rotatable bonds is 8. The van der Waals surface area contributed by atoms with Gasteiger partial charge in [-0.15, -0.1) is 0 Å². The first-order valence-electron chi connectivity index (χ1n) is 6.19. The van der Waals surface area contributed by atoms with Gasteiger partial charge in [0.25, 0.3) is 0 Å². The molecule has 0 unspecified atom stereocenters. The van der Waals surface area contributed by atoms with Crippen molar-refractivity contribution >= 4 is 11.8 Å². The number of aliphatic hydroxyl groups is 1. The van der Waals surface area contributed by atoms with Crippen LogP contribution in [0.1, 0.15) is 33.1 Å². The summed E-state index contributed by atoms with van der Waals surface area (Å²) in [5.41, 5.74) is 0. The second kappa shape index (κ2) is 8.98. The molecule has 0 heterocycles. The van der Waals surface area contributed by atoms with Gasteiger partial charge >= 0.3 is 0 Å². The summed E-state index contributed by atoms with van der Waals surface area (Å²) in [4.78, 5) is 26.5. The molecular weight excluding hydrogens is 220 g/mol. The Morgan fingerprint density at radius 1 is 1.06 bits per heavy atom. The third-order valence-corrected chi connectivity index (χ3v) is 2.71. The van der Waals surface area contributed by atoms with E-state index in [0.29, 0.717) is 32.4 Å². The van der Waals surface area contributed by atoms with Crippen LogP contribution in [0.15, 0.2) is 0 Å². The van der Waals surface area contributed by atoms with Gasteiger partial charge in [-0.3, -0.25) is 9.59 Å². The van der Waals surface area contributed by atoms with Crippen molar-refractivity contribution in [3.05, 3.63) is 0 Å². The zero-order valence-corrected chi connectivity index (χ0v) is 11.1. The van der Waals surface area contributed by atoms with Crippen LogP contribution in [-0.4, -0.2) is 60.0 Å². The number of likely N-dealkylation sites (N-methyl/N-ethyl adjacent to an activating group) is 2. The van der Waals surface area contributed by atoms with Crippen molar-refractivity contribution in [2.75, 3.05) is 33.3 Å². The highest BCUT2D eigenvalue weighted by molar-refractivity contribution is 5.84. The van der Waals surface area contributed by atoms with Crippen LogP contribution in [0.4, 0.5) is 0 Å². The normalized spacial score (nSPS) is 10.1. The maximum absolute atomic E-state index is 11.7. The number of amides is 2. The van der Waals surface area contributed by atoms with Crippen molar-refractivity contribution in [2.45, 2.75) is 33.1 Å². The van der Waals surface area contributed by atoms with Crippen LogP contribution in [-0.2, 0) is 9.59 Å². The van der Waals surface area contributed by atoms with Crippen molar-refractivity contribution in [2.24, 2.45) is 0 Å². The lowest BCUT2D eigenvalue weighted by Crippen LogP contribution is -2.40. The number of aliphatic hydroxyl groups excluding tert-OH is 1. The van der Waals surface area contributed by atoms with Gasteiger partial charge in [0.05, 0.1) is 6.54 Å². The predicted octanol–water partition coefficient (Wildman–Crippen LogP) is 0.476. The van der Waals surface area contributed by atoms with Crippen LogP contribution >= 0.6 is 0 Å². The molecule has 5 nitrogen and oxygen atoms in total. The Morgan fingerprint density at radius 3 is 2.12 bits per heavy atom. The van der Waals surface area contributed by atoms with Crippen LogP contribution in [0, 0.1) is 0 Å². The smallest absolute Gasteiger partial charge is 0.242 e. The van der Waals surface area contributed by atoms with Gasteiger partial charge in [0.15, 0.2) is 0 Å². The number of unbranched alkanes of at least 4 members (excludes halogenated alkanes) is 1.